The van der Waals surface area contributed by atoms with Crippen molar-refractivity contribution in [2.45, 2.75) is 4.90 Å². The number of azo groups is 1. The number of fused-ring (bicyclic) bond motifs is 1. The average molecular weight is 810 g/mol. The molecular weight excluding hydrogens is 785 g/mol. The number of nitrogens with two attached hydrogens (primary N) is 1. The van der Waals surface area contributed by atoms with Gasteiger partial charge in [0.25, 0.3) is 11.8 Å². The van der Waals surface area contributed by atoms with Crippen LogP contribution in [-0.4, -0.2) is 49.3 Å². The van der Waals surface area contributed by atoms with E-state index in [1.165, 1.54) is 66.7 Å². The number of ketones is 1. The predicted molar refractivity (Wildman–Crippen MR) is 198 cm³/mol. The Morgan fingerprint density at radius 2 is 1.18 bits per heavy atom. The molecule has 0 atom stereocenters. The van der Waals surface area contributed by atoms with E-state index in [1.807, 2.05) is 0 Å². The van der Waals surface area contributed by atoms with Crippen molar-refractivity contribution in [3.05, 3.63) is 142 Å². The summed E-state index contributed by atoms with van der Waals surface area (Å²) in [6, 6.07) is 27.3. The molecule has 2 amide bonds. The maximum Gasteiger partial charge on any atom is 1.00 e. The summed E-state index contributed by atoms with van der Waals surface area (Å²) in [6.07, 6.45) is 0.991. The minimum absolute atomic E-state index is 0. The monoisotopic (exact) mass is 809 g/mol. The molecule has 0 aromatic heterocycles. The standard InChI is InChI=1S/C36H27N7O9S2.2Na/c37-24-6-4-21(5-7-24)35(45)38-28-3-1-2-22(18-28)36(46)39-29-14-17-31-23(19-29)20-32(54(50,51)52)33(34(31)44)43-42-26-10-8-25(9-11-26)40-41-27-12-15-30(16-13-27)53(47,48)49;;/h1-20,42H,37H2,(H,38,45)(H,39,46)(H,47,48,49)(H,50,51,52);;/q;2*+1/p-2/b41-40?,43-33+;;. The molecule has 0 radical (unpaired) electrons. The van der Waals surface area contributed by atoms with Crippen molar-refractivity contribution in [1.82, 2.24) is 0 Å². The fourth-order valence-electron chi connectivity index (χ4n) is 5.01. The summed E-state index contributed by atoms with van der Waals surface area (Å²) in [7, 11) is -9.81. The van der Waals surface area contributed by atoms with Gasteiger partial charge in [-0.3, -0.25) is 19.8 Å². The van der Waals surface area contributed by atoms with Gasteiger partial charge < -0.3 is 25.5 Å². The normalized spacial score (nSPS) is 13.1. The van der Waals surface area contributed by atoms with Crippen LogP contribution in [0.15, 0.2) is 140 Å². The Labute approximate surface area is 364 Å². The quantitative estimate of drug-likeness (QED) is 0.0466. The third kappa shape index (κ3) is 10.9. The van der Waals surface area contributed by atoms with Crippen LogP contribution >= 0.6 is 0 Å². The second-order valence-electron chi connectivity index (χ2n) is 11.5. The molecule has 0 aliphatic heterocycles. The minimum Gasteiger partial charge on any atom is -0.744 e. The second-order valence-corrected chi connectivity index (χ2v) is 14.2. The van der Waals surface area contributed by atoms with Crippen molar-refractivity contribution in [2.75, 3.05) is 21.8 Å². The van der Waals surface area contributed by atoms with Crippen molar-refractivity contribution in [3.63, 3.8) is 0 Å². The summed E-state index contributed by atoms with van der Waals surface area (Å²) < 4.78 is 70.1. The van der Waals surface area contributed by atoms with Crippen LogP contribution in [0.25, 0.3) is 6.08 Å². The number of rotatable bonds is 10. The number of nitrogen functional groups attached to an aromatic ring is 1. The minimum atomic E-state index is -5.21. The summed E-state index contributed by atoms with van der Waals surface area (Å²) in [5, 5.41) is 17.3. The Hall–Kier alpha value is -4.86. The molecule has 1 aliphatic rings. The van der Waals surface area contributed by atoms with Gasteiger partial charge in [-0.1, -0.05) is 6.07 Å². The number of allylic oxidation sites excluding steroid dienone is 1. The molecule has 0 fully saturated rings. The number of hydrogen-bond donors (Lipinski definition) is 4. The Morgan fingerprint density at radius 3 is 1.77 bits per heavy atom. The number of carbonyl (C=O) groups excluding carboxylic acids is 3. The summed E-state index contributed by atoms with van der Waals surface area (Å²) in [4.78, 5) is 37.9. The summed E-state index contributed by atoms with van der Waals surface area (Å²) >= 11 is 0. The van der Waals surface area contributed by atoms with Crippen molar-refractivity contribution in [1.29, 1.82) is 0 Å². The summed E-state index contributed by atoms with van der Waals surface area (Å²) in [5.74, 6) is -1.85. The van der Waals surface area contributed by atoms with Gasteiger partial charge in [0.15, 0.2) is 0 Å². The number of nitrogens with one attached hydrogen (secondary N) is 3. The first-order chi connectivity index (χ1) is 25.6. The van der Waals surface area contributed by atoms with Gasteiger partial charge in [-0.2, -0.15) is 15.3 Å². The molecule has 56 heavy (non-hydrogen) atoms. The number of Topliss-reactive ketones (excluding diaryl/α,β-unsaturated/α-hetero) is 1. The largest absolute Gasteiger partial charge is 1.00 e. The molecular formula is C36H25N7Na2O9S2. The first-order valence-electron chi connectivity index (χ1n) is 15.5. The first-order valence-corrected chi connectivity index (χ1v) is 18.3. The molecule has 5 aromatic carbocycles. The van der Waals surface area contributed by atoms with Crippen LogP contribution in [0.5, 0.6) is 0 Å². The van der Waals surface area contributed by atoms with Gasteiger partial charge in [0.05, 0.1) is 26.9 Å². The smallest absolute Gasteiger partial charge is 0.744 e. The van der Waals surface area contributed by atoms with Crippen LogP contribution in [0.1, 0.15) is 36.6 Å². The van der Waals surface area contributed by atoms with Gasteiger partial charge in [-0.05, 0) is 121 Å². The zero-order chi connectivity index (χ0) is 38.6. The van der Waals surface area contributed by atoms with Gasteiger partial charge in [-0.25, -0.2) is 16.8 Å². The van der Waals surface area contributed by atoms with E-state index < -0.39 is 53.3 Å². The van der Waals surface area contributed by atoms with E-state index in [0.717, 1.165) is 18.2 Å². The molecule has 0 saturated heterocycles. The van der Waals surface area contributed by atoms with E-state index in [4.69, 9.17) is 5.73 Å². The number of anilines is 4. The number of benzene rings is 5. The maximum absolute atomic E-state index is 13.4. The van der Waals surface area contributed by atoms with Crippen LogP contribution in [0.4, 0.5) is 34.1 Å². The van der Waals surface area contributed by atoms with Crippen LogP contribution < -0.4 is 80.9 Å². The van der Waals surface area contributed by atoms with E-state index in [2.05, 4.69) is 31.4 Å². The number of amides is 2. The molecule has 0 spiro atoms. The average Bonchev–Trinajstić information content (AvgIpc) is 3.13. The molecule has 272 valence electrons. The van der Waals surface area contributed by atoms with Crippen molar-refractivity contribution in [2.24, 2.45) is 15.3 Å². The van der Waals surface area contributed by atoms with Gasteiger partial charge in [0, 0.05) is 33.8 Å². The molecule has 1 aliphatic carbocycles. The Bertz CT molecular complexity index is 2640. The Balaban J connectivity index is 0.00000348. The predicted octanol–water partition coefficient (Wildman–Crippen LogP) is -0.349. The Kier molecular flexibility index (Phi) is 14.4. The summed E-state index contributed by atoms with van der Waals surface area (Å²) in [5.41, 5.74) is 10.1. The summed E-state index contributed by atoms with van der Waals surface area (Å²) in [6.45, 7) is 0. The zero-order valence-electron chi connectivity index (χ0n) is 29.5. The topological polar surface area (TPSA) is 265 Å². The molecule has 6 rings (SSSR count). The first kappa shape index (κ1) is 43.9. The van der Waals surface area contributed by atoms with Crippen molar-refractivity contribution >= 4 is 83.7 Å². The number of hydrogen-bond acceptors (Lipinski definition) is 14. The van der Waals surface area contributed by atoms with Crippen LogP contribution in [0, 0.1) is 0 Å². The number of nitrogens with zero attached hydrogens (tertiary/aromatic N) is 3. The second kappa shape index (κ2) is 18.4. The molecule has 16 nitrogen and oxygen atoms in total. The molecule has 5 aromatic rings. The van der Waals surface area contributed by atoms with Gasteiger partial charge in [-0.15, -0.1) is 0 Å². The molecule has 0 saturated carbocycles. The fraction of sp³-hybridized carbons (Fsp3) is 0. The molecule has 0 bridgehead atoms. The zero-order valence-corrected chi connectivity index (χ0v) is 35.1. The number of carbonyl (C=O) groups is 3. The van der Waals surface area contributed by atoms with Crippen molar-refractivity contribution in [3.8, 4) is 0 Å². The van der Waals surface area contributed by atoms with E-state index in [0.29, 0.717) is 28.3 Å². The molecule has 20 heteroatoms. The van der Waals surface area contributed by atoms with E-state index >= 15 is 0 Å². The van der Waals surface area contributed by atoms with Crippen molar-refractivity contribution < 1.29 is 99.4 Å². The van der Waals surface area contributed by atoms with Gasteiger partial charge in [0.2, 0.25) is 5.78 Å². The number of hydrazone groups is 1. The Morgan fingerprint density at radius 1 is 0.625 bits per heavy atom. The van der Waals surface area contributed by atoms with Gasteiger partial charge >= 0.3 is 59.1 Å². The van der Waals surface area contributed by atoms with E-state index in [9.17, 15) is 40.3 Å². The van der Waals surface area contributed by atoms with E-state index in [1.54, 1.807) is 36.4 Å². The molecule has 5 N–H and O–H groups in total. The van der Waals surface area contributed by atoms with Crippen LogP contribution in [0.2, 0.25) is 0 Å². The fourth-order valence-corrected chi connectivity index (χ4v) is 6.13. The maximum atomic E-state index is 13.4. The van der Waals surface area contributed by atoms with Crippen LogP contribution in [-0.2, 0) is 20.2 Å². The third-order valence-electron chi connectivity index (χ3n) is 7.68. The van der Waals surface area contributed by atoms with E-state index in [-0.39, 0.29) is 87.2 Å². The molecule has 0 heterocycles. The molecule has 0 unspecified atom stereocenters. The van der Waals surface area contributed by atoms with Gasteiger partial charge in [0.1, 0.15) is 25.9 Å². The van der Waals surface area contributed by atoms with Crippen LogP contribution in [0.3, 0.4) is 0 Å². The third-order valence-corrected chi connectivity index (χ3v) is 9.38. The SMILES string of the molecule is Nc1ccc(C(=O)Nc2cccc(C(=O)Nc3ccc4c(c3)C=C(S(=O)(=O)[O-])/C(=N\Nc3ccc(N=Nc5ccc(S(=O)(=O)[O-])cc5)cc3)C4=O)c2)cc1.[Na+].[Na+].